The number of aryl methyl sites for hydroxylation is 1. The van der Waals surface area contributed by atoms with Crippen LogP contribution in [0.4, 0.5) is 5.69 Å². The van der Waals surface area contributed by atoms with Crippen molar-refractivity contribution in [3.05, 3.63) is 66.2 Å². The highest BCUT2D eigenvalue weighted by atomic mass is 16.2. The molecule has 0 radical (unpaired) electrons. The van der Waals surface area contributed by atoms with E-state index in [1.54, 1.807) is 0 Å². The van der Waals surface area contributed by atoms with Gasteiger partial charge in [-0.1, -0.05) is 48.5 Å². The minimum atomic E-state index is -0.161. The maximum Gasteiger partial charge on any atom is 0.241 e. The zero-order valence-electron chi connectivity index (χ0n) is 16.4. The number of anilines is 1. The van der Waals surface area contributed by atoms with Crippen molar-refractivity contribution >= 4 is 17.5 Å². The Kier molecular flexibility index (Phi) is 5.18. The first-order chi connectivity index (χ1) is 13.6. The smallest absolute Gasteiger partial charge is 0.241 e. The van der Waals surface area contributed by atoms with E-state index < -0.39 is 0 Å². The Morgan fingerprint density at radius 1 is 1.00 bits per heavy atom. The van der Waals surface area contributed by atoms with Gasteiger partial charge in [-0.15, -0.1) is 0 Å². The predicted molar refractivity (Wildman–Crippen MR) is 110 cm³/mol. The Bertz CT molecular complexity index is 839. The fraction of sp³-hybridized carbons (Fsp3) is 0.391. The van der Waals surface area contributed by atoms with E-state index in [1.807, 2.05) is 65.4 Å². The first-order valence-corrected chi connectivity index (χ1v) is 9.96. The molecule has 2 aliphatic heterocycles. The molecule has 0 saturated carbocycles. The van der Waals surface area contributed by atoms with E-state index >= 15 is 0 Å². The number of para-hydroxylation sites is 1. The lowest BCUT2D eigenvalue weighted by atomic mass is 9.92. The second-order valence-electron chi connectivity index (χ2n) is 7.95. The van der Waals surface area contributed by atoms with Crippen molar-refractivity contribution in [3.8, 4) is 0 Å². The Balaban J connectivity index is 1.43. The van der Waals surface area contributed by atoms with Crippen molar-refractivity contribution in [1.82, 2.24) is 9.80 Å². The number of likely N-dealkylation sites (tertiary alicyclic amines) is 1. The van der Waals surface area contributed by atoms with Crippen molar-refractivity contribution < 1.29 is 9.59 Å². The summed E-state index contributed by atoms with van der Waals surface area (Å²) in [5.74, 6) is 0.325. The molecule has 2 amide bonds. The lowest BCUT2D eigenvalue weighted by Gasteiger charge is -2.46. The number of likely N-dealkylation sites (N-methyl/N-ethyl adjacent to an activating group) is 1. The van der Waals surface area contributed by atoms with Gasteiger partial charge in [0.1, 0.15) is 0 Å². The summed E-state index contributed by atoms with van der Waals surface area (Å²) < 4.78 is 0. The fourth-order valence-electron chi connectivity index (χ4n) is 4.37. The average Bonchev–Trinajstić information content (AvgIpc) is 3.16. The highest BCUT2D eigenvalue weighted by Gasteiger charge is 2.48. The van der Waals surface area contributed by atoms with Gasteiger partial charge in [-0.05, 0) is 37.6 Å². The highest BCUT2D eigenvalue weighted by molar-refractivity contribution is 5.96. The van der Waals surface area contributed by atoms with Crippen molar-refractivity contribution in [1.29, 1.82) is 0 Å². The minimum Gasteiger partial charge on any atom is -0.341 e. The first kappa shape index (κ1) is 18.7. The molecule has 0 aromatic heterocycles. The summed E-state index contributed by atoms with van der Waals surface area (Å²) in [6, 6.07) is 20.0. The lowest BCUT2D eigenvalue weighted by molar-refractivity contribution is -0.130. The van der Waals surface area contributed by atoms with Crippen molar-refractivity contribution in [3.63, 3.8) is 0 Å². The van der Waals surface area contributed by atoms with Gasteiger partial charge in [0, 0.05) is 31.7 Å². The van der Waals surface area contributed by atoms with Crippen molar-refractivity contribution in [2.45, 2.75) is 24.8 Å². The molecule has 2 fully saturated rings. The molecule has 0 aliphatic carbocycles. The molecular weight excluding hydrogens is 350 g/mol. The van der Waals surface area contributed by atoms with E-state index in [9.17, 15) is 9.59 Å². The van der Waals surface area contributed by atoms with Gasteiger partial charge in [0.25, 0.3) is 0 Å². The van der Waals surface area contributed by atoms with E-state index in [4.69, 9.17) is 0 Å². The number of piperazine rings is 1. The van der Waals surface area contributed by atoms with Crippen LogP contribution in [0.2, 0.25) is 0 Å². The van der Waals surface area contributed by atoms with Crippen LogP contribution in [0.15, 0.2) is 60.7 Å². The summed E-state index contributed by atoms with van der Waals surface area (Å²) in [7, 11) is 2.01. The largest absolute Gasteiger partial charge is 0.341 e. The topological polar surface area (TPSA) is 43.9 Å². The van der Waals surface area contributed by atoms with E-state index in [2.05, 4.69) is 17.0 Å². The minimum absolute atomic E-state index is 0.119. The molecule has 5 nitrogen and oxygen atoms in total. The van der Waals surface area contributed by atoms with Gasteiger partial charge in [0.2, 0.25) is 11.8 Å². The van der Waals surface area contributed by atoms with E-state index in [0.717, 1.165) is 25.1 Å². The van der Waals surface area contributed by atoms with Crippen LogP contribution >= 0.6 is 0 Å². The normalized spacial score (nSPS) is 22.8. The Morgan fingerprint density at radius 3 is 2.39 bits per heavy atom. The zero-order chi connectivity index (χ0) is 19.6. The van der Waals surface area contributed by atoms with Crippen LogP contribution in [-0.4, -0.2) is 60.4 Å². The van der Waals surface area contributed by atoms with Crippen LogP contribution in [-0.2, 0) is 16.0 Å². The molecule has 1 atom stereocenters. The second kappa shape index (κ2) is 7.76. The molecular formula is C23H27N3O2. The van der Waals surface area contributed by atoms with Crippen LogP contribution in [0.1, 0.15) is 18.4 Å². The standard InChI is InChI=1S/C23H27N3O2/c1-24-16-22(28)26(20-10-6-3-7-11-20)18-23(24)14-15-25(17-23)21(27)13-12-19-8-4-2-5-9-19/h2-11H,12-18H2,1H3. The van der Waals surface area contributed by atoms with Gasteiger partial charge in [0.15, 0.2) is 0 Å². The Hall–Kier alpha value is -2.66. The average molecular weight is 377 g/mol. The maximum absolute atomic E-state index is 12.8. The molecule has 2 aliphatic rings. The third kappa shape index (κ3) is 3.67. The third-order valence-corrected chi connectivity index (χ3v) is 6.16. The van der Waals surface area contributed by atoms with Crippen molar-refractivity contribution in [2.75, 3.05) is 38.1 Å². The van der Waals surface area contributed by atoms with Gasteiger partial charge in [-0.3, -0.25) is 14.5 Å². The summed E-state index contributed by atoms with van der Waals surface area (Å²) in [5.41, 5.74) is 1.97. The highest BCUT2D eigenvalue weighted by Crippen LogP contribution is 2.33. The number of amides is 2. The van der Waals surface area contributed by atoms with Crippen LogP contribution in [0.3, 0.4) is 0 Å². The third-order valence-electron chi connectivity index (χ3n) is 6.16. The number of carbonyl (C=O) groups excluding carboxylic acids is 2. The molecule has 2 saturated heterocycles. The van der Waals surface area contributed by atoms with Gasteiger partial charge in [-0.2, -0.15) is 0 Å². The second-order valence-corrected chi connectivity index (χ2v) is 7.95. The van der Waals surface area contributed by atoms with E-state index in [1.165, 1.54) is 5.56 Å². The van der Waals surface area contributed by atoms with Gasteiger partial charge < -0.3 is 9.80 Å². The fourth-order valence-corrected chi connectivity index (χ4v) is 4.37. The molecule has 146 valence electrons. The molecule has 0 N–H and O–H groups in total. The summed E-state index contributed by atoms with van der Waals surface area (Å²) in [5, 5.41) is 0. The number of rotatable bonds is 4. The number of nitrogens with zero attached hydrogens (tertiary/aromatic N) is 3. The summed E-state index contributed by atoms with van der Waals surface area (Å²) >= 11 is 0. The van der Waals surface area contributed by atoms with Gasteiger partial charge in [-0.25, -0.2) is 0 Å². The molecule has 2 heterocycles. The van der Waals surface area contributed by atoms with Crippen LogP contribution in [0, 0.1) is 0 Å². The lowest BCUT2D eigenvalue weighted by Crippen LogP contribution is -2.64. The molecule has 5 heteroatoms. The zero-order valence-corrected chi connectivity index (χ0v) is 16.4. The Labute approximate surface area is 166 Å². The summed E-state index contributed by atoms with van der Waals surface area (Å²) in [4.78, 5) is 31.4. The SMILES string of the molecule is CN1CC(=O)N(c2ccccc2)CC12CCN(C(=O)CCc1ccccc1)C2. The van der Waals surface area contributed by atoms with Crippen LogP contribution in [0.25, 0.3) is 0 Å². The molecule has 2 aromatic carbocycles. The quantitative estimate of drug-likeness (QED) is 0.823. The van der Waals surface area contributed by atoms with Crippen LogP contribution < -0.4 is 4.90 Å². The number of carbonyl (C=O) groups is 2. The molecule has 4 rings (SSSR count). The summed E-state index contributed by atoms with van der Waals surface area (Å²) in [6.45, 7) is 2.47. The molecule has 28 heavy (non-hydrogen) atoms. The van der Waals surface area contributed by atoms with Gasteiger partial charge >= 0.3 is 0 Å². The van der Waals surface area contributed by atoms with Crippen molar-refractivity contribution in [2.24, 2.45) is 0 Å². The van der Waals surface area contributed by atoms with Crippen LogP contribution in [0.5, 0.6) is 0 Å². The number of hydrogen-bond donors (Lipinski definition) is 0. The maximum atomic E-state index is 12.8. The molecule has 1 unspecified atom stereocenters. The van der Waals surface area contributed by atoms with E-state index in [-0.39, 0.29) is 17.4 Å². The Morgan fingerprint density at radius 2 is 1.68 bits per heavy atom. The summed E-state index contributed by atoms with van der Waals surface area (Å²) in [6.07, 6.45) is 2.20. The molecule has 2 aromatic rings. The molecule has 0 bridgehead atoms. The number of hydrogen-bond acceptors (Lipinski definition) is 3. The first-order valence-electron chi connectivity index (χ1n) is 9.96. The van der Waals surface area contributed by atoms with Gasteiger partial charge in [0.05, 0.1) is 12.1 Å². The van der Waals surface area contributed by atoms with E-state index in [0.29, 0.717) is 26.1 Å². The predicted octanol–water partition coefficient (Wildman–Crippen LogP) is 2.57. The number of benzene rings is 2. The molecule has 1 spiro atoms. The monoisotopic (exact) mass is 377 g/mol.